The topological polar surface area (TPSA) is 53.5 Å². The van der Waals surface area contributed by atoms with E-state index < -0.39 is 15.1 Å². The predicted molar refractivity (Wildman–Crippen MR) is 179 cm³/mol. The van der Waals surface area contributed by atoms with Crippen LogP contribution >= 0.6 is 0 Å². The zero-order valence-electron chi connectivity index (χ0n) is 25.2. The molecule has 0 bridgehead atoms. The molecule has 214 valence electrons. The molecule has 0 N–H and O–H groups in total. The minimum atomic E-state index is -2.89. The van der Waals surface area contributed by atoms with E-state index in [1.54, 1.807) is 0 Å². The third-order valence-electron chi connectivity index (χ3n) is 7.98. The summed E-state index contributed by atoms with van der Waals surface area (Å²) in [6, 6.07) is 39.2. The zero-order valence-corrected chi connectivity index (χ0v) is 26.3. The van der Waals surface area contributed by atoms with Gasteiger partial charge in [0.2, 0.25) is 0 Å². The molecule has 44 heavy (non-hydrogen) atoms. The van der Waals surface area contributed by atoms with Crippen LogP contribution < -0.4 is 11.4 Å². The van der Waals surface area contributed by atoms with Crippen LogP contribution in [0, 0.1) is 27.7 Å². The molecule has 0 amide bonds. The molecule has 0 aliphatic heterocycles. The van der Waals surface area contributed by atoms with Crippen LogP contribution in [-0.4, -0.2) is 25.1 Å². The van der Waals surface area contributed by atoms with Crippen LogP contribution in [0.5, 0.6) is 17.2 Å². The Morgan fingerprint density at radius 1 is 0.455 bits per heavy atom. The van der Waals surface area contributed by atoms with Crippen molar-refractivity contribution in [3.63, 3.8) is 0 Å². The van der Waals surface area contributed by atoms with Crippen LogP contribution in [0.4, 0.5) is 0 Å². The average Bonchev–Trinajstić information content (AvgIpc) is 3.02. The first-order valence-corrected chi connectivity index (χ1v) is 16.2. The number of aromatic nitrogens is 2. The molecule has 5 aromatic carbocycles. The Balaban J connectivity index is 1.24. The Kier molecular flexibility index (Phi) is 7.39. The Morgan fingerprint density at radius 3 is 1.64 bits per heavy atom. The molecule has 2 aromatic heterocycles. The lowest BCUT2D eigenvalue weighted by Gasteiger charge is -2.18. The molecule has 5 nitrogen and oxygen atoms in total. The zero-order chi connectivity index (χ0) is 30.2. The number of fused-ring (bicyclic) bond motifs is 3. The van der Waals surface area contributed by atoms with Gasteiger partial charge in [0.1, 0.15) is 22.5 Å². The van der Waals surface area contributed by atoms with Crippen molar-refractivity contribution in [3.05, 3.63) is 138 Å². The summed E-state index contributed by atoms with van der Waals surface area (Å²) < 4.78 is 19.7. The number of hydrogen-bond acceptors (Lipinski definition) is 5. The first-order valence-electron chi connectivity index (χ1n) is 14.7. The summed E-state index contributed by atoms with van der Waals surface area (Å²) in [5.74, 6) is 1.94. The van der Waals surface area contributed by atoms with E-state index in [1.807, 2.05) is 74.5 Å². The van der Waals surface area contributed by atoms with Gasteiger partial charge in [0.25, 0.3) is 0 Å². The molecular formula is C38H31AlN2O3. The van der Waals surface area contributed by atoms with Gasteiger partial charge in [0, 0.05) is 22.2 Å². The Hall–Kier alpha value is -4.89. The highest BCUT2D eigenvalue weighted by molar-refractivity contribution is 6.40. The number of benzene rings is 5. The minimum Gasteiger partial charge on any atom is -0.577 e. The summed E-state index contributed by atoms with van der Waals surface area (Å²) in [5.41, 5.74) is 8.36. The third-order valence-corrected chi connectivity index (χ3v) is 9.33. The molecule has 0 aliphatic rings. The van der Waals surface area contributed by atoms with E-state index in [0.717, 1.165) is 44.0 Å². The van der Waals surface area contributed by atoms with E-state index >= 15 is 0 Å². The fourth-order valence-corrected chi connectivity index (χ4v) is 6.72. The third kappa shape index (κ3) is 5.70. The van der Waals surface area contributed by atoms with E-state index in [1.165, 1.54) is 22.3 Å². The van der Waals surface area contributed by atoms with Gasteiger partial charge in [0.15, 0.2) is 0 Å². The smallest absolute Gasteiger partial charge is 0.577 e. The lowest BCUT2D eigenvalue weighted by molar-refractivity contribution is 0.310. The minimum absolute atomic E-state index is 0.631. The van der Waals surface area contributed by atoms with Crippen LogP contribution in [-0.2, 0) is 0 Å². The van der Waals surface area contributed by atoms with Crippen molar-refractivity contribution in [1.29, 1.82) is 0 Å². The van der Waals surface area contributed by atoms with Crippen molar-refractivity contribution in [3.8, 4) is 28.4 Å². The molecular weight excluding hydrogens is 559 g/mol. The maximum atomic E-state index is 6.58. The molecule has 0 saturated heterocycles. The van der Waals surface area contributed by atoms with Gasteiger partial charge >= 0.3 is 15.1 Å². The van der Waals surface area contributed by atoms with Gasteiger partial charge in [0.05, 0.1) is 5.75 Å². The van der Waals surface area contributed by atoms with Crippen LogP contribution in [0.1, 0.15) is 22.5 Å². The largest absolute Gasteiger partial charge is 1.20 e. The second-order valence-electron chi connectivity index (χ2n) is 11.2. The van der Waals surface area contributed by atoms with E-state index in [9.17, 15) is 0 Å². The number of para-hydroxylation sites is 2. The quantitative estimate of drug-likeness (QED) is 0.173. The standard InChI is InChI=1S/C18H16O.2C10H9NO.Al/c1-12-3-4-14(9-13(12)2)15-5-6-17-11-18(19)8-7-16(17)10-15;2*1-7-5-6-8-3-2-4-9(12)10(8)11-7;/h3-11,19H,1-2H3;2*2-6,12H,1H3;/q;;;+3/p-3. The number of hydrogen-bond donors (Lipinski definition) is 0. The van der Waals surface area contributed by atoms with Crippen molar-refractivity contribution in [2.45, 2.75) is 27.7 Å². The summed E-state index contributed by atoms with van der Waals surface area (Å²) in [7, 11) is 0. The molecule has 0 saturated carbocycles. The fraction of sp³-hybridized carbons (Fsp3) is 0.105. The van der Waals surface area contributed by atoms with Gasteiger partial charge in [-0.2, -0.15) is 0 Å². The number of rotatable bonds is 7. The van der Waals surface area contributed by atoms with Gasteiger partial charge in [-0.05, 0) is 103 Å². The molecule has 0 aliphatic carbocycles. The summed E-state index contributed by atoms with van der Waals surface area (Å²) in [6.45, 7) is 8.24. The summed E-state index contributed by atoms with van der Waals surface area (Å²) >= 11 is -2.89. The average molecular weight is 591 g/mol. The van der Waals surface area contributed by atoms with Crippen molar-refractivity contribution >= 4 is 47.7 Å². The van der Waals surface area contributed by atoms with Crippen LogP contribution in [0.2, 0.25) is 0 Å². The summed E-state index contributed by atoms with van der Waals surface area (Å²) in [4.78, 5) is 9.52. The van der Waals surface area contributed by atoms with E-state index in [-0.39, 0.29) is 0 Å². The van der Waals surface area contributed by atoms with Crippen molar-refractivity contribution < 1.29 is 11.4 Å². The first-order chi connectivity index (χ1) is 21.4. The normalized spacial score (nSPS) is 11.2. The molecule has 2 heterocycles. The molecule has 0 radical (unpaired) electrons. The molecule has 7 rings (SSSR count). The fourth-order valence-electron chi connectivity index (χ4n) is 5.41. The van der Waals surface area contributed by atoms with Crippen LogP contribution in [0.15, 0.2) is 115 Å². The highest BCUT2D eigenvalue weighted by Crippen LogP contribution is 2.31. The molecule has 6 heteroatoms. The molecule has 0 atom stereocenters. The van der Waals surface area contributed by atoms with Gasteiger partial charge in [-0.1, -0.05) is 72.8 Å². The van der Waals surface area contributed by atoms with Crippen LogP contribution in [0.25, 0.3) is 43.7 Å². The van der Waals surface area contributed by atoms with Crippen LogP contribution in [0.3, 0.4) is 0 Å². The van der Waals surface area contributed by atoms with Gasteiger partial charge in [-0.15, -0.1) is 0 Å². The first kappa shape index (κ1) is 27.9. The number of pyridine rings is 2. The summed E-state index contributed by atoms with van der Waals surface area (Å²) in [5, 5.41) is 4.20. The van der Waals surface area contributed by atoms with E-state index in [0.29, 0.717) is 17.2 Å². The Labute approximate surface area is 262 Å². The summed E-state index contributed by atoms with van der Waals surface area (Å²) in [6.07, 6.45) is 0. The molecule has 7 aromatic rings. The second kappa shape index (κ2) is 11.7. The van der Waals surface area contributed by atoms with Gasteiger partial charge in [-0.25, -0.2) is 9.97 Å². The lowest BCUT2D eigenvalue weighted by atomic mass is 9.98. The Bertz CT molecular complexity index is 2090. The van der Waals surface area contributed by atoms with Gasteiger partial charge in [-0.3, -0.25) is 0 Å². The lowest BCUT2D eigenvalue weighted by Crippen LogP contribution is -2.37. The van der Waals surface area contributed by atoms with Crippen molar-refractivity contribution in [2.24, 2.45) is 0 Å². The van der Waals surface area contributed by atoms with E-state index in [4.69, 9.17) is 21.3 Å². The Morgan fingerprint density at radius 2 is 1.00 bits per heavy atom. The number of nitrogens with zero attached hydrogens (tertiary/aromatic N) is 2. The SMILES string of the molecule is Cc1ccc2cccc([O][Al]([O]c3ccc4cc(-c5ccc(C)c(C)c5)ccc4c3)[O]c3cccc4ccc(C)nc34)c2n1. The maximum absolute atomic E-state index is 6.58. The highest BCUT2D eigenvalue weighted by Gasteiger charge is 2.45. The predicted octanol–water partition coefficient (Wildman–Crippen LogP) is 9.36. The molecule has 0 unspecified atom stereocenters. The van der Waals surface area contributed by atoms with Gasteiger partial charge < -0.3 is 11.4 Å². The second-order valence-corrected chi connectivity index (χ2v) is 12.5. The maximum Gasteiger partial charge on any atom is 1.20 e. The molecule has 0 spiro atoms. The van der Waals surface area contributed by atoms with Crippen molar-refractivity contribution in [2.75, 3.05) is 0 Å². The molecule has 0 fully saturated rings. The van der Waals surface area contributed by atoms with E-state index in [2.05, 4.69) is 68.4 Å². The highest BCUT2D eigenvalue weighted by atomic mass is 27.3. The van der Waals surface area contributed by atoms with Crippen molar-refractivity contribution in [1.82, 2.24) is 9.97 Å². The number of aryl methyl sites for hydroxylation is 4. The monoisotopic (exact) mass is 590 g/mol.